The summed E-state index contributed by atoms with van der Waals surface area (Å²) in [7, 11) is 0. The smallest absolute Gasteiger partial charge is 0.148 e. The molecule has 1 saturated heterocycles. The fourth-order valence-corrected chi connectivity index (χ4v) is 2.67. The normalized spacial score (nSPS) is 26.7. The maximum atomic E-state index is 5.75. The summed E-state index contributed by atoms with van der Waals surface area (Å²) in [6, 6.07) is 0. The van der Waals surface area contributed by atoms with E-state index in [-0.39, 0.29) is 0 Å². The third kappa shape index (κ3) is 2.38. The lowest BCUT2D eigenvalue weighted by Gasteiger charge is -2.12. The second-order valence-corrected chi connectivity index (χ2v) is 4.85. The van der Waals surface area contributed by atoms with Crippen LogP contribution >= 0.6 is 23.4 Å². The highest BCUT2D eigenvalue weighted by Gasteiger charge is 2.25. The zero-order chi connectivity index (χ0) is 9.97. The molecule has 0 N–H and O–H groups in total. The highest BCUT2D eigenvalue weighted by atomic mass is 35.5. The first-order valence-corrected chi connectivity index (χ1v) is 5.77. The van der Waals surface area contributed by atoms with Gasteiger partial charge < -0.3 is 4.74 Å². The van der Waals surface area contributed by atoms with Crippen molar-refractivity contribution in [2.75, 3.05) is 6.61 Å². The van der Waals surface area contributed by atoms with Crippen LogP contribution in [0.25, 0.3) is 0 Å². The highest BCUT2D eigenvalue weighted by Crippen LogP contribution is 2.31. The molecule has 14 heavy (non-hydrogen) atoms. The van der Waals surface area contributed by atoms with Crippen LogP contribution in [0.2, 0.25) is 5.15 Å². The summed E-state index contributed by atoms with van der Waals surface area (Å²) in [6.07, 6.45) is 4.64. The average Bonchev–Trinajstić information content (AvgIpc) is 2.52. The Morgan fingerprint density at radius 1 is 1.57 bits per heavy atom. The molecule has 0 aliphatic carbocycles. The van der Waals surface area contributed by atoms with Crippen molar-refractivity contribution in [3.63, 3.8) is 0 Å². The Balaban J connectivity index is 2.03. The summed E-state index contributed by atoms with van der Waals surface area (Å²) in [5.41, 5.74) is 0. The maximum Gasteiger partial charge on any atom is 0.148 e. The van der Waals surface area contributed by atoms with E-state index in [1.54, 1.807) is 24.2 Å². The number of hydrogen-bond donors (Lipinski definition) is 0. The Kier molecular flexibility index (Phi) is 3.26. The van der Waals surface area contributed by atoms with Gasteiger partial charge in [-0.3, -0.25) is 4.98 Å². The molecule has 2 heterocycles. The van der Waals surface area contributed by atoms with E-state index in [1.807, 2.05) is 0 Å². The Morgan fingerprint density at radius 2 is 2.43 bits per heavy atom. The third-order valence-electron chi connectivity index (χ3n) is 2.16. The summed E-state index contributed by atoms with van der Waals surface area (Å²) in [6.45, 7) is 2.93. The molecule has 1 aromatic rings. The lowest BCUT2D eigenvalue weighted by Crippen LogP contribution is -2.13. The Labute approximate surface area is 92.2 Å². The fraction of sp³-hybridized carbons (Fsp3) is 0.556. The molecular weight excluding hydrogens is 220 g/mol. The summed E-state index contributed by atoms with van der Waals surface area (Å²) >= 11 is 7.44. The van der Waals surface area contributed by atoms with Crippen LogP contribution in [0, 0.1) is 0 Å². The summed E-state index contributed by atoms with van der Waals surface area (Å²) in [4.78, 5) is 8.18. The zero-order valence-electron chi connectivity index (χ0n) is 7.81. The molecule has 2 unspecified atom stereocenters. The Morgan fingerprint density at radius 3 is 3.07 bits per heavy atom. The largest absolute Gasteiger partial charge is 0.377 e. The van der Waals surface area contributed by atoms with Gasteiger partial charge in [0.2, 0.25) is 0 Å². The first-order valence-electron chi connectivity index (χ1n) is 4.51. The molecule has 0 radical (unpaired) electrons. The van der Waals surface area contributed by atoms with E-state index in [0.29, 0.717) is 16.5 Å². The first kappa shape index (κ1) is 10.2. The molecule has 2 rings (SSSR count). The lowest BCUT2D eigenvalue weighted by atomic mass is 10.3. The molecule has 1 fully saturated rings. The molecule has 1 aliphatic heterocycles. The molecule has 0 spiro atoms. The van der Waals surface area contributed by atoms with Gasteiger partial charge >= 0.3 is 0 Å². The van der Waals surface area contributed by atoms with Crippen LogP contribution in [0.5, 0.6) is 0 Å². The molecule has 0 saturated carbocycles. The molecular formula is C9H11ClN2OS. The number of halogens is 1. The standard InChI is InChI=1S/C9H11ClN2OS/c1-6-7(2-3-13-6)14-9-5-11-4-8(10)12-9/h4-7H,2-3H2,1H3. The predicted octanol–water partition coefficient (Wildman–Crippen LogP) is 2.40. The zero-order valence-corrected chi connectivity index (χ0v) is 9.38. The third-order valence-corrected chi connectivity index (χ3v) is 3.70. The number of nitrogens with zero attached hydrogens (tertiary/aromatic N) is 2. The number of hydrogen-bond acceptors (Lipinski definition) is 4. The number of thioether (sulfide) groups is 1. The first-order chi connectivity index (χ1) is 6.75. The van der Waals surface area contributed by atoms with Gasteiger partial charge in [0.15, 0.2) is 0 Å². The molecule has 5 heteroatoms. The van der Waals surface area contributed by atoms with Crippen molar-refractivity contribution in [1.29, 1.82) is 0 Å². The van der Waals surface area contributed by atoms with Crippen molar-refractivity contribution in [3.8, 4) is 0 Å². The molecule has 2 atom stereocenters. The number of aromatic nitrogens is 2. The van der Waals surface area contributed by atoms with Gasteiger partial charge in [-0.1, -0.05) is 23.4 Å². The SMILES string of the molecule is CC1OCCC1Sc1cncc(Cl)n1. The second-order valence-electron chi connectivity index (χ2n) is 3.20. The van der Waals surface area contributed by atoms with E-state index in [0.717, 1.165) is 18.1 Å². The highest BCUT2D eigenvalue weighted by molar-refractivity contribution is 7.99. The van der Waals surface area contributed by atoms with Crippen LogP contribution in [0.15, 0.2) is 17.4 Å². The Bertz CT molecular complexity index is 323. The van der Waals surface area contributed by atoms with Gasteiger partial charge in [-0.2, -0.15) is 0 Å². The van der Waals surface area contributed by atoms with E-state index in [1.165, 1.54) is 0 Å². The summed E-state index contributed by atoms with van der Waals surface area (Å²) < 4.78 is 5.47. The van der Waals surface area contributed by atoms with Crippen LogP contribution in [0.4, 0.5) is 0 Å². The molecule has 0 amide bonds. The van der Waals surface area contributed by atoms with Gasteiger partial charge in [-0.15, -0.1) is 0 Å². The quantitative estimate of drug-likeness (QED) is 0.782. The maximum absolute atomic E-state index is 5.75. The average molecular weight is 231 g/mol. The number of ether oxygens (including phenoxy) is 1. The molecule has 1 aromatic heterocycles. The molecule has 0 aromatic carbocycles. The minimum atomic E-state index is 0.292. The van der Waals surface area contributed by atoms with Gasteiger partial charge in [-0.05, 0) is 13.3 Å². The topological polar surface area (TPSA) is 35.0 Å². The minimum Gasteiger partial charge on any atom is -0.377 e. The van der Waals surface area contributed by atoms with Gasteiger partial charge in [-0.25, -0.2) is 4.98 Å². The second kappa shape index (κ2) is 4.47. The van der Waals surface area contributed by atoms with E-state index in [2.05, 4.69) is 16.9 Å². The van der Waals surface area contributed by atoms with Crippen molar-refractivity contribution >= 4 is 23.4 Å². The van der Waals surface area contributed by atoms with E-state index in [4.69, 9.17) is 16.3 Å². The molecule has 76 valence electrons. The fourth-order valence-electron chi connectivity index (χ4n) is 1.40. The number of rotatable bonds is 2. The van der Waals surface area contributed by atoms with Gasteiger partial charge in [0, 0.05) is 11.9 Å². The van der Waals surface area contributed by atoms with E-state index >= 15 is 0 Å². The molecule has 3 nitrogen and oxygen atoms in total. The summed E-state index contributed by atoms with van der Waals surface area (Å²) in [5, 5.41) is 1.80. The van der Waals surface area contributed by atoms with Crippen molar-refractivity contribution in [2.24, 2.45) is 0 Å². The Hall–Kier alpha value is -0.320. The van der Waals surface area contributed by atoms with Crippen LogP contribution in [0.1, 0.15) is 13.3 Å². The van der Waals surface area contributed by atoms with Crippen LogP contribution in [0.3, 0.4) is 0 Å². The molecule has 1 aliphatic rings. The van der Waals surface area contributed by atoms with Gasteiger partial charge in [0.05, 0.1) is 18.5 Å². The van der Waals surface area contributed by atoms with Crippen LogP contribution in [-0.4, -0.2) is 27.9 Å². The predicted molar refractivity (Wildman–Crippen MR) is 56.7 cm³/mol. The summed E-state index contributed by atoms with van der Waals surface area (Å²) in [5.74, 6) is 0. The van der Waals surface area contributed by atoms with E-state index in [9.17, 15) is 0 Å². The van der Waals surface area contributed by atoms with E-state index < -0.39 is 0 Å². The van der Waals surface area contributed by atoms with Crippen molar-refractivity contribution in [3.05, 3.63) is 17.5 Å². The van der Waals surface area contributed by atoms with Crippen LogP contribution in [-0.2, 0) is 4.74 Å². The monoisotopic (exact) mass is 230 g/mol. The van der Waals surface area contributed by atoms with Crippen molar-refractivity contribution < 1.29 is 4.74 Å². The minimum absolute atomic E-state index is 0.292. The molecule has 0 bridgehead atoms. The van der Waals surface area contributed by atoms with Crippen LogP contribution < -0.4 is 0 Å². The van der Waals surface area contributed by atoms with Crippen molar-refractivity contribution in [2.45, 2.75) is 29.7 Å². The van der Waals surface area contributed by atoms with Crippen molar-refractivity contribution in [1.82, 2.24) is 9.97 Å². The lowest BCUT2D eigenvalue weighted by molar-refractivity contribution is 0.127. The van der Waals surface area contributed by atoms with Gasteiger partial charge in [0.25, 0.3) is 0 Å². The van der Waals surface area contributed by atoms with Gasteiger partial charge in [0.1, 0.15) is 10.2 Å².